The van der Waals surface area contributed by atoms with Crippen molar-refractivity contribution in [1.82, 2.24) is 10.6 Å². The number of aromatic hydroxyl groups is 1. The molecule has 10 heteroatoms. The molecule has 0 radical (unpaired) electrons. The number of unbranched alkanes of at least 4 members (excludes halogenated alkanes) is 3. The molecule has 7 nitrogen and oxygen atoms in total. The monoisotopic (exact) mass is 431 g/mol. The lowest BCUT2D eigenvalue weighted by Gasteiger charge is -2.15. The molecule has 1 unspecified atom stereocenters. The molecule has 5 N–H and O–H groups in total. The number of benzene rings is 1. The Kier molecular flexibility index (Phi) is 10.7. The zero-order valence-electron chi connectivity index (χ0n) is 16.6. The van der Waals surface area contributed by atoms with Crippen LogP contribution in [0.1, 0.15) is 50.5 Å². The Hall–Kier alpha value is -2.78. The minimum absolute atomic E-state index is 0.0132. The van der Waals surface area contributed by atoms with E-state index in [1.54, 1.807) is 12.1 Å². The van der Waals surface area contributed by atoms with Crippen molar-refractivity contribution in [2.45, 2.75) is 63.6 Å². The van der Waals surface area contributed by atoms with Crippen LogP contribution >= 0.6 is 0 Å². The van der Waals surface area contributed by atoms with Gasteiger partial charge < -0.3 is 21.5 Å². The van der Waals surface area contributed by atoms with Gasteiger partial charge in [-0.25, -0.2) is 0 Å². The standard InChI is InChI=1S/C20H28F3N3O4/c21-20(22,23)11-4-2-1-3-5-17(28)26-16(19(24)30)13-18(29)25-12-10-14-6-8-15(27)9-7-14/h6-9,16,27H,1-5,10-13H2,(H2,24,30)(H,25,29)(H,26,28). The average molecular weight is 431 g/mol. The molecule has 0 bridgehead atoms. The summed E-state index contributed by atoms with van der Waals surface area (Å²) in [6.07, 6.45) is -3.54. The van der Waals surface area contributed by atoms with Crippen LogP contribution in [0.2, 0.25) is 0 Å². The Morgan fingerprint density at radius 3 is 2.23 bits per heavy atom. The highest BCUT2D eigenvalue weighted by atomic mass is 19.4. The zero-order valence-corrected chi connectivity index (χ0v) is 16.6. The number of carbonyl (C=O) groups is 3. The Labute approximate surface area is 173 Å². The molecule has 0 saturated carbocycles. The predicted octanol–water partition coefficient (Wildman–Crippen LogP) is 2.31. The molecule has 168 valence electrons. The van der Waals surface area contributed by atoms with E-state index in [0.717, 1.165) is 5.56 Å². The third-order valence-corrected chi connectivity index (χ3v) is 4.35. The fourth-order valence-corrected chi connectivity index (χ4v) is 2.72. The van der Waals surface area contributed by atoms with Crippen LogP contribution in [0.5, 0.6) is 5.75 Å². The molecule has 0 aliphatic heterocycles. The normalized spacial score (nSPS) is 12.2. The fraction of sp³-hybridized carbons (Fsp3) is 0.550. The van der Waals surface area contributed by atoms with Crippen molar-refractivity contribution >= 4 is 17.7 Å². The van der Waals surface area contributed by atoms with Gasteiger partial charge in [0.1, 0.15) is 11.8 Å². The second-order valence-corrected chi connectivity index (χ2v) is 7.02. The third-order valence-electron chi connectivity index (χ3n) is 4.35. The highest BCUT2D eigenvalue weighted by Crippen LogP contribution is 2.23. The highest BCUT2D eigenvalue weighted by Gasteiger charge is 2.25. The molecule has 1 aromatic carbocycles. The summed E-state index contributed by atoms with van der Waals surface area (Å²) in [6, 6.07) is 5.35. The number of phenols is 1. The van der Waals surface area contributed by atoms with Crippen LogP contribution in [-0.2, 0) is 20.8 Å². The van der Waals surface area contributed by atoms with E-state index in [2.05, 4.69) is 10.6 Å². The minimum atomic E-state index is -4.17. The molecule has 1 atom stereocenters. The summed E-state index contributed by atoms with van der Waals surface area (Å²) in [6.45, 7) is 0.307. The molecule has 0 spiro atoms. The summed E-state index contributed by atoms with van der Waals surface area (Å²) in [7, 11) is 0. The maximum atomic E-state index is 12.0. The van der Waals surface area contributed by atoms with Gasteiger partial charge in [0.15, 0.2) is 0 Å². The van der Waals surface area contributed by atoms with E-state index in [1.807, 2.05) is 0 Å². The van der Waals surface area contributed by atoms with Crippen LogP contribution in [0.25, 0.3) is 0 Å². The van der Waals surface area contributed by atoms with Crippen LogP contribution in [0.3, 0.4) is 0 Å². The van der Waals surface area contributed by atoms with Gasteiger partial charge >= 0.3 is 6.18 Å². The highest BCUT2D eigenvalue weighted by molar-refractivity contribution is 5.91. The Morgan fingerprint density at radius 2 is 1.63 bits per heavy atom. The predicted molar refractivity (Wildman–Crippen MR) is 104 cm³/mol. The molecular formula is C20H28F3N3O4. The largest absolute Gasteiger partial charge is 0.508 e. The first-order valence-electron chi connectivity index (χ1n) is 9.77. The molecular weight excluding hydrogens is 403 g/mol. The summed E-state index contributed by atoms with van der Waals surface area (Å²) in [5.74, 6) is -1.64. The van der Waals surface area contributed by atoms with Crippen molar-refractivity contribution < 1.29 is 32.7 Å². The number of phenolic OH excluding ortho intramolecular Hbond substituents is 1. The van der Waals surface area contributed by atoms with Crippen molar-refractivity contribution in [3.8, 4) is 5.75 Å². The van der Waals surface area contributed by atoms with Crippen molar-refractivity contribution in [2.75, 3.05) is 6.54 Å². The van der Waals surface area contributed by atoms with Crippen molar-refractivity contribution in [2.24, 2.45) is 5.73 Å². The second kappa shape index (κ2) is 12.7. The van der Waals surface area contributed by atoms with Crippen molar-refractivity contribution in [3.05, 3.63) is 29.8 Å². The van der Waals surface area contributed by atoms with Gasteiger partial charge in [0.05, 0.1) is 6.42 Å². The molecule has 0 fully saturated rings. The summed E-state index contributed by atoms with van der Waals surface area (Å²) >= 11 is 0. The van der Waals surface area contributed by atoms with E-state index in [1.165, 1.54) is 12.1 Å². The van der Waals surface area contributed by atoms with Gasteiger partial charge in [-0.2, -0.15) is 13.2 Å². The molecule has 30 heavy (non-hydrogen) atoms. The molecule has 0 aliphatic rings. The molecule has 0 aliphatic carbocycles. The summed E-state index contributed by atoms with van der Waals surface area (Å²) in [5.41, 5.74) is 6.14. The summed E-state index contributed by atoms with van der Waals surface area (Å²) in [4.78, 5) is 35.4. The van der Waals surface area contributed by atoms with Crippen LogP contribution in [0, 0.1) is 0 Å². The van der Waals surface area contributed by atoms with Crippen LogP contribution < -0.4 is 16.4 Å². The first-order chi connectivity index (χ1) is 14.1. The number of hydrogen-bond acceptors (Lipinski definition) is 4. The van der Waals surface area contributed by atoms with Gasteiger partial charge in [0.2, 0.25) is 17.7 Å². The zero-order chi connectivity index (χ0) is 22.6. The lowest BCUT2D eigenvalue weighted by atomic mass is 10.1. The van der Waals surface area contributed by atoms with E-state index in [0.29, 0.717) is 32.2 Å². The number of nitrogens with two attached hydrogens (primary N) is 1. The SMILES string of the molecule is NC(=O)C(CC(=O)NCCc1ccc(O)cc1)NC(=O)CCCCCCC(F)(F)F. The van der Waals surface area contributed by atoms with E-state index >= 15 is 0 Å². The van der Waals surface area contributed by atoms with E-state index in [4.69, 9.17) is 5.73 Å². The molecule has 1 aromatic rings. The molecule has 0 heterocycles. The maximum Gasteiger partial charge on any atom is 0.389 e. The van der Waals surface area contributed by atoms with Gasteiger partial charge in [0, 0.05) is 19.4 Å². The summed E-state index contributed by atoms with van der Waals surface area (Å²) in [5, 5.41) is 14.3. The van der Waals surface area contributed by atoms with E-state index < -0.39 is 36.4 Å². The third kappa shape index (κ3) is 11.9. The number of nitrogens with one attached hydrogen (secondary N) is 2. The van der Waals surface area contributed by atoms with Crippen LogP contribution in [0.4, 0.5) is 13.2 Å². The number of primary amides is 1. The summed E-state index contributed by atoms with van der Waals surface area (Å²) < 4.78 is 36.1. The van der Waals surface area contributed by atoms with Gasteiger partial charge in [-0.3, -0.25) is 14.4 Å². The lowest BCUT2D eigenvalue weighted by Crippen LogP contribution is -2.47. The van der Waals surface area contributed by atoms with Gasteiger partial charge in [-0.05, 0) is 37.0 Å². The number of amides is 3. The first-order valence-corrected chi connectivity index (χ1v) is 9.77. The van der Waals surface area contributed by atoms with Gasteiger partial charge in [-0.1, -0.05) is 25.0 Å². The van der Waals surface area contributed by atoms with Crippen LogP contribution in [0.15, 0.2) is 24.3 Å². The molecule has 1 rings (SSSR count). The first kappa shape index (κ1) is 25.3. The fourth-order valence-electron chi connectivity index (χ4n) is 2.72. The number of rotatable bonds is 13. The lowest BCUT2D eigenvalue weighted by molar-refractivity contribution is -0.135. The number of carbonyl (C=O) groups excluding carboxylic acids is 3. The smallest absolute Gasteiger partial charge is 0.389 e. The van der Waals surface area contributed by atoms with Gasteiger partial charge in [-0.15, -0.1) is 0 Å². The second-order valence-electron chi connectivity index (χ2n) is 7.02. The average Bonchev–Trinajstić information content (AvgIpc) is 2.64. The van der Waals surface area contributed by atoms with Crippen molar-refractivity contribution in [1.29, 1.82) is 0 Å². The quantitative estimate of drug-likeness (QED) is 0.358. The van der Waals surface area contributed by atoms with E-state index in [-0.39, 0.29) is 25.0 Å². The van der Waals surface area contributed by atoms with Crippen LogP contribution in [-0.4, -0.2) is 41.6 Å². The van der Waals surface area contributed by atoms with E-state index in [9.17, 15) is 32.7 Å². The number of alkyl halides is 3. The minimum Gasteiger partial charge on any atom is -0.508 e. The number of hydrogen-bond donors (Lipinski definition) is 4. The molecule has 0 aromatic heterocycles. The molecule has 3 amide bonds. The van der Waals surface area contributed by atoms with Gasteiger partial charge in [0.25, 0.3) is 0 Å². The van der Waals surface area contributed by atoms with Crippen molar-refractivity contribution in [3.63, 3.8) is 0 Å². The Morgan fingerprint density at radius 1 is 1.00 bits per heavy atom. The Balaban J connectivity index is 2.26. The Bertz CT molecular complexity index is 694. The molecule has 0 saturated heterocycles. The maximum absolute atomic E-state index is 12.0. The number of halogens is 3. The topological polar surface area (TPSA) is 122 Å².